The molecule has 1 fully saturated rings. The summed E-state index contributed by atoms with van der Waals surface area (Å²) >= 11 is 0. The van der Waals surface area contributed by atoms with Crippen molar-refractivity contribution in [3.05, 3.63) is 0 Å². The lowest BCUT2D eigenvalue weighted by Gasteiger charge is -2.49. The second kappa shape index (κ2) is 3.62. The first-order valence-corrected chi connectivity index (χ1v) is 5.03. The molecule has 2 atom stereocenters. The fraction of sp³-hybridized carbons (Fsp3) is 0.800. The molecule has 2 N–H and O–H groups in total. The third-order valence-corrected chi connectivity index (χ3v) is 2.57. The number of aliphatic hydroxyl groups is 1. The molecule has 1 aliphatic heterocycles. The van der Waals surface area contributed by atoms with Crippen LogP contribution in [0.25, 0.3) is 0 Å². The van der Waals surface area contributed by atoms with Crippen LogP contribution in [0.4, 0.5) is 4.79 Å². The SMILES string of the molecule is C[C@H]1N(C(=O)OC(C)(C)C)CC1(O)C(=O)O. The highest BCUT2D eigenvalue weighted by Gasteiger charge is 2.57. The maximum Gasteiger partial charge on any atom is 0.410 e. The van der Waals surface area contributed by atoms with Gasteiger partial charge in [-0.1, -0.05) is 0 Å². The molecular weight excluding hydrogens is 214 g/mol. The van der Waals surface area contributed by atoms with E-state index in [2.05, 4.69) is 0 Å². The summed E-state index contributed by atoms with van der Waals surface area (Å²) in [7, 11) is 0. The van der Waals surface area contributed by atoms with Crippen molar-refractivity contribution in [2.75, 3.05) is 6.54 Å². The van der Waals surface area contributed by atoms with Crippen molar-refractivity contribution < 1.29 is 24.5 Å². The van der Waals surface area contributed by atoms with Crippen molar-refractivity contribution in [2.24, 2.45) is 0 Å². The van der Waals surface area contributed by atoms with Crippen LogP contribution in [-0.4, -0.2) is 51.0 Å². The van der Waals surface area contributed by atoms with Gasteiger partial charge < -0.3 is 14.9 Å². The Morgan fingerprint density at radius 2 is 1.94 bits per heavy atom. The van der Waals surface area contributed by atoms with Gasteiger partial charge in [-0.2, -0.15) is 0 Å². The van der Waals surface area contributed by atoms with Crippen LogP contribution in [0.1, 0.15) is 27.7 Å². The number of carboxylic acids is 1. The lowest BCUT2D eigenvalue weighted by molar-refractivity contribution is -0.188. The normalized spacial score (nSPS) is 29.6. The van der Waals surface area contributed by atoms with Crippen molar-refractivity contribution in [3.63, 3.8) is 0 Å². The van der Waals surface area contributed by atoms with Crippen LogP contribution in [0.5, 0.6) is 0 Å². The lowest BCUT2D eigenvalue weighted by atomic mass is 9.85. The molecular formula is C10H17NO5. The number of carboxylic acid groups (broad SMARTS) is 1. The Bertz CT molecular complexity index is 322. The largest absolute Gasteiger partial charge is 0.479 e. The molecule has 0 spiro atoms. The fourth-order valence-corrected chi connectivity index (χ4v) is 1.46. The van der Waals surface area contributed by atoms with Crippen molar-refractivity contribution >= 4 is 12.1 Å². The quantitative estimate of drug-likeness (QED) is 0.683. The average Bonchev–Trinajstić information content (AvgIpc) is 2.09. The zero-order chi connectivity index (χ0) is 12.7. The zero-order valence-electron chi connectivity index (χ0n) is 9.85. The molecule has 0 bridgehead atoms. The Hall–Kier alpha value is -1.30. The van der Waals surface area contributed by atoms with E-state index < -0.39 is 29.3 Å². The Balaban J connectivity index is 2.62. The van der Waals surface area contributed by atoms with Gasteiger partial charge in [0.2, 0.25) is 0 Å². The molecule has 0 aromatic rings. The monoisotopic (exact) mass is 231 g/mol. The molecule has 0 aromatic carbocycles. The number of carbonyl (C=O) groups is 2. The highest BCUT2D eigenvalue weighted by atomic mass is 16.6. The van der Waals surface area contributed by atoms with Gasteiger partial charge in [0.25, 0.3) is 0 Å². The molecule has 6 nitrogen and oxygen atoms in total. The number of hydrogen-bond donors (Lipinski definition) is 2. The number of ether oxygens (including phenoxy) is 1. The van der Waals surface area contributed by atoms with Gasteiger partial charge >= 0.3 is 12.1 Å². The summed E-state index contributed by atoms with van der Waals surface area (Å²) in [5.74, 6) is -1.32. The minimum absolute atomic E-state index is 0.238. The topological polar surface area (TPSA) is 87.1 Å². The highest BCUT2D eigenvalue weighted by Crippen LogP contribution is 2.30. The number of nitrogens with zero attached hydrogens (tertiary/aromatic N) is 1. The maximum absolute atomic E-state index is 11.6. The van der Waals surface area contributed by atoms with Crippen LogP contribution in [0.3, 0.4) is 0 Å². The van der Waals surface area contributed by atoms with Gasteiger partial charge in [-0.05, 0) is 27.7 Å². The molecule has 1 amide bonds. The van der Waals surface area contributed by atoms with E-state index in [1.54, 1.807) is 20.8 Å². The van der Waals surface area contributed by atoms with Gasteiger partial charge in [-0.3, -0.25) is 4.90 Å². The highest BCUT2D eigenvalue weighted by molar-refractivity contribution is 5.83. The summed E-state index contributed by atoms with van der Waals surface area (Å²) in [5, 5.41) is 18.4. The molecule has 16 heavy (non-hydrogen) atoms. The van der Waals surface area contributed by atoms with E-state index in [0.29, 0.717) is 0 Å². The third kappa shape index (κ3) is 2.11. The van der Waals surface area contributed by atoms with Gasteiger partial charge in [0, 0.05) is 0 Å². The summed E-state index contributed by atoms with van der Waals surface area (Å²) in [5.41, 5.74) is -2.48. The van der Waals surface area contributed by atoms with Gasteiger partial charge in [-0.15, -0.1) is 0 Å². The Kier molecular flexibility index (Phi) is 2.89. The van der Waals surface area contributed by atoms with Crippen molar-refractivity contribution in [3.8, 4) is 0 Å². The van der Waals surface area contributed by atoms with E-state index in [-0.39, 0.29) is 6.54 Å². The smallest absolute Gasteiger partial charge is 0.410 e. The number of likely N-dealkylation sites (tertiary alicyclic amines) is 1. The molecule has 0 saturated carbocycles. The molecule has 0 radical (unpaired) electrons. The average molecular weight is 231 g/mol. The van der Waals surface area contributed by atoms with E-state index in [4.69, 9.17) is 9.84 Å². The number of carbonyl (C=O) groups excluding carboxylic acids is 1. The van der Waals surface area contributed by atoms with Crippen LogP contribution < -0.4 is 0 Å². The van der Waals surface area contributed by atoms with E-state index in [9.17, 15) is 14.7 Å². The summed E-state index contributed by atoms with van der Waals surface area (Å²) in [6, 6.07) is -0.778. The second-order valence-electron chi connectivity index (χ2n) is 5.01. The summed E-state index contributed by atoms with van der Waals surface area (Å²) < 4.78 is 5.07. The van der Waals surface area contributed by atoms with Crippen LogP contribution in [0, 0.1) is 0 Å². The first kappa shape index (κ1) is 12.8. The number of β-amino-alcohol motifs (C(OH)–C–C–N with tert-alkyl or cyclic N) is 1. The Labute approximate surface area is 93.8 Å². The molecule has 1 saturated heterocycles. The number of aliphatic carboxylic acids is 1. The molecule has 1 aliphatic rings. The predicted octanol–water partition coefficient (Wildman–Crippen LogP) is 0.441. The molecule has 0 aromatic heterocycles. The Morgan fingerprint density at radius 3 is 2.25 bits per heavy atom. The van der Waals surface area contributed by atoms with Crippen molar-refractivity contribution in [1.29, 1.82) is 0 Å². The van der Waals surface area contributed by atoms with E-state index in [0.717, 1.165) is 0 Å². The van der Waals surface area contributed by atoms with Crippen LogP contribution >= 0.6 is 0 Å². The van der Waals surface area contributed by atoms with Gasteiger partial charge in [0.1, 0.15) is 5.60 Å². The molecule has 1 heterocycles. The first-order valence-electron chi connectivity index (χ1n) is 5.03. The van der Waals surface area contributed by atoms with Crippen LogP contribution in [0.15, 0.2) is 0 Å². The minimum atomic E-state index is -1.85. The van der Waals surface area contributed by atoms with Crippen LogP contribution in [0.2, 0.25) is 0 Å². The van der Waals surface area contributed by atoms with Crippen molar-refractivity contribution in [2.45, 2.75) is 44.9 Å². The summed E-state index contributed by atoms with van der Waals surface area (Å²) in [6.45, 7) is 6.40. The zero-order valence-corrected chi connectivity index (χ0v) is 9.85. The molecule has 1 rings (SSSR count). The molecule has 92 valence electrons. The standard InChI is InChI=1S/C10H17NO5/c1-6-10(15,7(12)13)5-11(6)8(14)16-9(2,3)4/h6,15H,5H2,1-4H3,(H,12,13)/t6-,10?/m1/s1. The maximum atomic E-state index is 11.6. The predicted molar refractivity (Wildman–Crippen MR) is 55.0 cm³/mol. The van der Waals surface area contributed by atoms with Gasteiger partial charge in [0.15, 0.2) is 5.60 Å². The van der Waals surface area contributed by atoms with E-state index in [1.807, 2.05) is 0 Å². The first-order chi connectivity index (χ1) is 7.08. The fourth-order valence-electron chi connectivity index (χ4n) is 1.46. The Morgan fingerprint density at radius 1 is 1.44 bits per heavy atom. The third-order valence-electron chi connectivity index (χ3n) is 2.57. The van der Waals surface area contributed by atoms with Gasteiger partial charge in [-0.25, -0.2) is 9.59 Å². The minimum Gasteiger partial charge on any atom is -0.479 e. The summed E-state index contributed by atoms with van der Waals surface area (Å²) in [4.78, 5) is 23.5. The van der Waals surface area contributed by atoms with Crippen LogP contribution in [-0.2, 0) is 9.53 Å². The summed E-state index contributed by atoms with van der Waals surface area (Å²) in [6.07, 6.45) is -0.606. The van der Waals surface area contributed by atoms with Crippen molar-refractivity contribution in [1.82, 2.24) is 4.90 Å². The number of rotatable bonds is 1. The number of hydrogen-bond acceptors (Lipinski definition) is 4. The molecule has 6 heteroatoms. The molecule has 0 aliphatic carbocycles. The molecule has 1 unspecified atom stereocenters. The van der Waals surface area contributed by atoms with E-state index >= 15 is 0 Å². The second-order valence-corrected chi connectivity index (χ2v) is 5.01. The van der Waals surface area contributed by atoms with E-state index in [1.165, 1.54) is 11.8 Å². The van der Waals surface area contributed by atoms with Gasteiger partial charge in [0.05, 0.1) is 12.6 Å². The number of amides is 1. The lowest BCUT2D eigenvalue weighted by Crippen LogP contribution is -2.73.